The Bertz CT molecular complexity index is 332. The van der Waals surface area contributed by atoms with Crippen LogP contribution in [-0.2, 0) is 0 Å². The van der Waals surface area contributed by atoms with Crippen molar-refractivity contribution in [1.29, 1.82) is 0 Å². The van der Waals surface area contributed by atoms with Gasteiger partial charge in [0, 0.05) is 18.3 Å². The van der Waals surface area contributed by atoms with E-state index in [0.29, 0.717) is 6.04 Å². The van der Waals surface area contributed by atoms with Crippen LogP contribution in [-0.4, -0.2) is 16.1 Å². The molecular formula is C12H19N3. The van der Waals surface area contributed by atoms with E-state index < -0.39 is 0 Å². The van der Waals surface area contributed by atoms with Gasteiger partial charge in [0.15, 0.2) is 0 Å². The first-order chi connectivity index (χ1) is 7.34. The lowest BCUT2D eigenvalue weighted by Gasteiger charge is -2.35. The standard InChI is InChI=1S/C12H19N3/c1-9-5-10(6-9)15-8-13-7-12(15)11-3-2-4-14-11/h7-11,14H,2-6H2,1H3. The van der Waals surface area contributed by atoms with Crippen molar-refractivity contribution in [3.63, 3.8) is 0 Å². The molecule has 1 aliphatic heterocycles. The molecule has 1 saturated heterocycles. The summed E-state index contributed by atoms with van der Waals surface area (Å²) < 4.78 is 2.41. The van der Waals surface area contributed by atoms with E-state index in [2.05, 4.69) is 21.8 Å². The first-order valence-electron chi connectivity index (χ1n) is 6.09. The molecule has 0 spiro atoms. The molecule has 3 heteroatoms. The van der Waals surface area contributed by atoms with Crippen molar-refractivity contribution < 1.29 is 0 Å². The van der Waals surface area contributed by atoms with E-state index in [1.807, 2.05) is 12.5 Å². The van der Waals surface area contributed by atoms with Gasteiger partial charge >= 0.3 is 0 Å². The number of rotatable bonds is 2. The maximum absolute atomic E-state index is 4.32. The van der Waals surface area contributed by atoms with Gasteiger partial charge in [-0.05, 0) is 38.1 Å². The Balaban J connectivity index is 1.79. The van der Waals surface area contributed by atoms with Gasteiger partial charge in [-0.25, -0.2) is 4.98 Å². The van der Waals surface area contributed by atoms with Crippen LogP contribution in [0.2, 0.25) is 0 Å². The molecule has 1 unspecified atom stereocenters. The monoisotopic (exact) mass is 205 g/mol. The van der Waals surface area contributed by atoms with Crippen molar-refractivity contribution in [2.24, 2.45) is 5.92 Å². The lowest BCUT2D eigenvalue weighted by molar-refractivity contribution is 0.209. The number of imidazole rings is 1. The van der Waals surface area contributed by atoms with Crippen molar-refractivity contribution >= 4 is 0 Å². The van der Waals surface area contributed by atoms with Gasteiger partial charge in [0.05, 0.1) is 12.0 Å². The van der Waals surface area contributed by atoms with Crippen LogP contribution in [0.25, 0.3) is 0 Å². The molecule has 3 rings (SSSR count). The quantitative estimate of drug-likeness (QED) is 0.802. The SMILES string of the molecule is CC1CC(n2cncc2C2CCCN2)C1. The molecule has 82 valence electrons. The molecule has 1 saturated carbocycles. The molecule has 15 heavy (non-hydrogen) atoms. The Labute approximate surface area is 90.9 Å². The normalized spacial score (nSPS) is 35.4. The average molecular weight is 205 g/mol. The van der Waals surface area contributed by atoms with E-state index >= 15 is 0 Å². The Morgan fingerprint density at radius 2 is 2.33 bits per heavy atom. The van der Waals surface area contributed by atoms with Crippen molar-refractivity contribution in [2.75, 3.05) is 6.54 Å². The third kappa shape index (κ3) is 1.59. The number of hydrogen-bond acceptors (Lipinski definition) is 2. The predicted octanol–water partition coefficient (Wildman–Crippen LogP) is 2.28. The zero-order valence-electron chi connectivity index (χ0n) is 9.32. The van der Waals surface area contributed by atoms with Gasteiger partial charge < -0.3 is 9.88 Å². The lowest BCUT2D eigenvalue weighted by atomic mass is 9.81. The van der Waals surface area contributed by atoms with Gasteiger partial charge in [-0.1, -0.05) is 6.92 Å². The summed E-state index contributed by atoms with van der Waals surface area (Å²) in [4.78, 5) is 4.32. The summed E-state index contributed by atoms with van der Waals surface area (Å²) in [6.45, 7) is 3.50. The van der Waals surface area contributed by atoms with Gasteiger partial charge in [-0.3, -0.25) is 0 Å². The highest BCUT2D eigenvalue weighted by Crippen LogP contribution is 2.39. The minimum absolute atomic E-state index is 0.559. The maximum atomic E-state index is 4.32. The molecule has 1 aromatic rings. The van der Waals surface area contributed by atoms with Gasteiger partial charge in [0.2, 0.25) is 0 Å². The van der Waals surface area contributed by atoms with Crippen molar-refractivity contribution in [1.82, 2.24) is 14.9 Å². The summed E-state index contributed by atoms with van der Waals surface area (Å²) >= 11 is 0. The van der Waals surface area contributed by atoms with Gasteiger partial charge in [-0.2, -0.15) is 0 Å². The van der Waals surface area contributed by atoms with Crippen LogP contribution >= 0.6 is 0 Å². The van der Waals surface area contributed by atoms with Gasteiger partial charge in [0.25, 0.3) is 0 Å². The second-order valence-corrected chi connectivity index (χ2v) is 5.11. The summed E-state index contributed by atoms with van der Waals surface area (Å²) in [6, 6.07) is 1.28. The smallest absolute Gasteiger partial charge is 0.0951 e. The fourth-order valence-electron chi connectivity index (χ4n) is 2.91. The third-order valence-corrected chi connectivity index (χ3v) is 3.86. The van der Waals surface area contributed by atoms with Crippen LogP contribution in [0.15, 0.2) is 12.5 Å². The number of nitrogens with zero attached hydrogens (tertiary/aromatic N) is 2. The first-order valence-corrected chi connectivity index (χ1v) is 6.09. The molecule has 3 nitrogen and oxygen atoms in total. The summed E-state index contributed by atoms with van der Waals surface area (Å²) in [7, 11) is 0. The highest BCUT2D eigenvalue weighted by Gasteiger charge is 2.30. The number of aromatic nitrogens is 2. The van der Waals surface area contributed by atoms with E-state index in [0.717, 1.165) is 18.5 Å². The van der Waals surface area contributed by atoms with Crippen LogP contribution in [0.4, 0.5) is 0 Å². The summed E-state index contributed by atoms with van der Waals surface area (Å²) in [6.07, 6.45) is 9.30. The molecule has 0 amide bonds. The second kappa shape index (κ2) is 3.63. The first kappa shape index (κ1) is 9.40. The van der Waals surface area contributed by atoms with Crippen LogP contribution in [0.3, 0.4) is 0 Å². The van der Waals surface area contributed by atoms with Gasteiger partial charge in [-0.15, -0.1) is 0 Å². The van der Waals surface area contributed by atoms with Crippen molar-refractivity contribution in [2.45, 2.75) is 44.7 Å². The Morgan fingerprint density at radius 1 is 1.47 bits per heavy atom. The van der Waals surface area contributed by atoms with Crippen LogP contribution in [0.1, 0.15) is 50.4 Å². The number of nitrogens with one attached hydrogen (secondary N) is 1. The molecule has 2 heterocycles. The topological polar surface area (TPSA) is 29.9 Å². The molecule has 1 aromatic heterocycles. The molecule has 2 aliphatic rings. The number of hydrogen-bond donors (Lipinski definition) is 1. The minimum atomic E-state index is 0.559. The Morgan fingerprint density at radius 3 is 3.00 bits per heavy atom. The lowest BCUT2D eigenvalue weighted by Crippen LogP contribution is -2.27. The van der Waals surface area contributed by atoms with E-state index in [-0.39, 0.29) is 0 Å². The van der Waals surface area contributed by atoms with E-state index in [4.69, 9.17) is 0 Å². The zero-order chi connectivity index (χ0) is 10.3. The van der Waals surface area contributed by atoms with E-state index in [1.54, 1.807) is 0 Å². The largest absolute Gasteiger partial charge is 0.330 e. The molecule has 1 atom stereocenters. The Kier molecular flexibility index (Phi) is 2.28. The molecular weight excluding hydrogens is 186 g/mol. The molecule has 0 aromatic carbocycles. The molecule has 1 aliphatic carbocycles. The van der Waals surface area contributed by atoms with Crippen LogP contribution in [0, 0.1) is 5.92 Å². The van der Waals surface area contributed by atoms with Crippen molar-refractivity contribution in [3.8, 4) is 0 Å². The molecule has 0 bridgehead atoms. The minimum Gasteiger partial charge on any atom is -0.330 e. The van der Waals surface area contributed by atoms with Crippen LogP contribution < -0.4 is 5.32 Å². The summed E-state index contributed by atoms with van der Waals surface area (Å²) in [5.74, 6) is 0.904. The maximum Gasteiger partial charge on any atom is 0.0951 e. The summed E-state index contributed by atoms with van der Waals surface area (Å²) in [5, 5.41) is 3.55. The highest BCUT2D eigenvalue weighted by atomic mass is 15.1. The molecule has 1 N–H and O–H groups in total. The molecule has 2 fully saturated rings. The predicted molar refractivity (Wildman–Crippen MR) is 59.6 cm³/mol. The molecule has 0 radical (unpaired) electrons. The zero-order valence-corrected chi connectivity index (χ0v) is 9.32. The third-order valence-electron chi connectivity index (χ3n) is 3.86. The fourth-order valence-corrected chi connectivity index (χ4v) is 2.91. The van der Waals surface area contributed by atoms with Crippen molar-refractivity contribution in [3.05, 3.63) is 18.2 Å². The average Bonchev–Trinajstić information content (AvgIpc) is 2.82. The second-order valence-electron chi connectivity index (χ2n) is 5.11. The highest BCUT2D eigenvalue weighted by molar-refractivity contribution is 5.09. The Hall–Kier alpha value is -0.830. The van der Waals surface area contributed by atoms with E-state index in [1.165, 1.54) is 31.4 Å². The van der Waals surface area contributed by atoms with Gasteiger partial charge in [0.1, 0.15) is 0 Å². The van der Waals surface area contributed by atoms with E-state index in [9.17, 15) is 0 Å². The van der Waals surface area contributed by atoms with Crippen LogP contribution in [0.5, 0.6) is 0 Å². The summed E-state index contributed by atoms with van der Waals surface area (Å²) in [5.41, 5.74) is 1.41. The fraction of sp³-hybridized carbons (Fsp3) is 0.750.